The molecule has 0 aromatic heterocycles. The van der Waals surface area contributed by atoms with Crippen molar-refractivity contribution in [2.45, 2.75) is 0 Å². The Hall–Kier alpha value is -2.04. The smallest absolute Gasteiger partial charge is 0.0100 e. The first-order valence-corrected chi connectivity index (χ1v) is 5.05. The van der Waals surface area contributed by atoms with Crippen LogP contribution in [0.1, 0.15) is 5.56 Å². The van der Waals surface area contributed by atoms with Crippen LogP contribution in [-0.2, 0) is 0 Å². The molecular formula is C15H10. The Balaban J connectivity index is 2.18. The Morgan fingerprint density at radius 1 is 0.867 bits per heavy atom. The highest BCUT2D eigenvalue weighted by Gasteiger charge is 2.00. The van der Waals surface area contributed by atoms with Crippen LogP contribution < -0.4 is 0 Å². The lowest BCUT2D eigenvalue weighted by Crippen LogP contribution is -1.79. The molecule has 2 aromatic carbocycles. The molecule has 2 aromatic rings. The lowest BCUT2D eigenvalue weighted by Gasteiger charge is -2.02. The van der Waals surface area contributed by atoms with Crippen molar-refractivity contribution < 1.29 is 0 Å². The van der Waals surface area contributed by atoms with E-state index >= 15 is 0 Å². The number of fused-ring (bicyclic) bond motifs is 1. The third kappa shape index (κ3) is 1.41. The maximum atomic E-state index is 3.08. The van der Waals surface area contributed by atoms with Gasteiger partial charge in [0.05, 0.1) is 0 Å². The molecule has 1 aliphatic rings. The second kappa shape index (κ2) is 3.27. The number of hydrogen-bond acceptors (Lipinski definition) is 0. The fourth-order valence-corrected chi connectivity index (χ4v) is 1.87. The molecule has 0 radical (unpaired) electrons. The van der Waals surface area contributed by atoms with Crippen molar-refractivity contribution in [1.82, 2.24) is 0 Å². The Morgan fingerprint density at radius 3 is 2.53 bits per heavy atom. The van der Waals surface area contributed by atoms with E-state index in [1.54, 1.807) is 0 Å². The number of rotatable bonds is 1. The SMILES string of the molecule is C1=CC=C(c2ccc3ccccc3c2)C=1. The molecule has 0 amide bonds. The molecule has 15 heavy (non-hydrogen) atoms. The number of allylic oxidation sites excluding steroid dienone is 3. The topological polar surface area (TPSA) is 0 Å². The number of benzene rings is 2. The molecule has 0 saturated carbocycles. The van der Waals surface area contributed by atoms with Crippen LogP contribution in [0.15, 0.2) is 66.4 Å². The van der Waals surface area contributed by atoms with Gasteiger partial charge in [0, 0.05) is 0 Å². The molecule has 0 bridgehead atoms. The van der Waals surface area contributed by atoms with Crippen LogP contribution in [0, 0.1) is 0 Å². The molecule has 0 nitrogen and oxygen atoms in total. The van der Waals surface area contributed by atoms with Gasteiger partial charge in [-0.3, -0.25) is 0 Å². The molecule has 0 heterocycles. The standard InChI is InChI=1S/C15H10/c1-2-6-12(5-1)15-10-9-13-7-3-4-8-14(13)11-15/h1,3-11H. The predicted octanol–water partition coefficient (Wildman–Crippen LogP) is 3.95. The van der Waals surface area contributed by atoms with Gasteiger partial charge in [-0.15, -0.1) is 5.73 Å². The van der Waals surface area contributed by atoms with Crippen molar-refractivity contribution in [1.29, 1.82) is 0 Å². The summed E-state index contributed by atoms with van der Waals surface area (Å²) >= 11 is 0. The van der Waals surface area contributed by atoms with Crippen LogP contribution in [0.2, 0.25) is 0 Å². The molecule has 0 spiro atoms. The Bertz CT molecular complexity index is 609. The van der Waals surface area contributed by atoms with Gasteiger partial charge in [-0.05, 0) is 46.2 Å². The lowest BCUT2D eigenvalue weighted by molar-refractivity contribution is 1.67. The molecule has 0 N–H and O–H groups in total. The third-order valence-corrected chi connectivity index (χ3v) is 2.68. The maximum Gasteiger partial charge on any atom is -0.0100 e. The highest BCUT2D eigenvalue weighted by Crippen LogP contribution is 2.23. The van der Waals surface area contributed by atoms with Crippen LogP contribution >= 0.6 is 0 Å². The molecule has 3 rings (SSSR count). The van der Waals surface area contributed by atoms with Crippen LogP contribution in [0.5, 0.6) is 0 Å². The maximum absolute atomic E-state index is 3.08. The van der Waals surface area contributed by atoms with Crippen LogP contribution in [0.4, 0.5) is 0 Å². The molecule has 0 atom stereocenters. The van der Waals surface area contributed by atoms with E-state index in [-0.39, 0.29) is 0 Å². The van der Waals surface area contributed by atoms with E-state index < -0.39 is 0 Å². The van der Waals surface area contributed by atoms with Crippen molar-refractivity contribution in [3.05, 3.63) is 72.0 Å². The minimum Gasteiger partial charge on any atom is -0.120 e. The van der Waals surface area contributed by atoms with E-state index in [4.69, 9.17) is 0 Å². The highest BCUT2D eigenvalue weighted by molar-refractivity contribution is 5.88. The summed E-state index contributed by atoms with van der Waals surface area (Å²) in [5, 5.41) is 2.58. The molecule has 70 valence electrons. The molecule has 0 saturated heterocycles. The Morgan fingerprint density at radius 2 is 1.73 bits per heavy atom. The minimum absolute atomic E-state index is 1.24. The summed E-state index contributed by atoms with van der Waals surface area (Å²) in [4.78, 5) is 0. The zero-order chi connectivity index (χ0) is 10.1. The molecule has 0 heteroatoms. The molecule has 0 fully saturated rings. The van der Waals surface area contributed by atoms with Gasteiger partial charge >= 0.3 is 0 Å². The van der Waals surface area contributed by atoms with Gasteiger partial charge in [0.25, 0.3) is 0 Å². The zero-order valence-electron chi connectivity index (χ0n) is 8.27. The van der Waals surface area contributed by atoms with Gasteiger partial charge < -0.3 is 0 Å². The van der Waals surface area contributed by atoms with Crippen molar-refractivity contribution in [2.24, 2.45) is 0 Å². The van der Waals surface area contributed by atoms with Gasteiger partial charge in [-0.25, -0.2) is 0 Å². The largest absolute Gasteiger partial charge is 0.120 e. The predicted molar refractivity (Wildman–Crippen MR) is 64.6 cm³/mol. The van der Waals surface area contributed by atoms with Gasteiger partial charge in [-0.2, -0.15) is 0 Å². The Labute approximate surface area is 88.9 Å². The molecule has 1 aliphatic carbocycles. The molecular weight excluding hydrogens is 180 g/mol. The fourth-order valence-electron chi connectivity index (χ4n) is 1.87. The van der Waals surface area contributed by atoms with E-state index in [9.17, 15) is 0 Å². The molecule has 0 aliphatic heterocycles. The quantitative estimate of drug-likeness (QED) is 0.597. The van der Waals surface area contributed by atoms with Crippen molar-refractivity contribution in [3.63, 3.8) is 0 Å². The fraction of sp³-hybridized carbons (Fsp3) is 0. The van der Waals surface area contributed by atoms with Crippen molar-refractivity contribution in [2.75, 3.05) is 0 Å². The third-order valence-electron chi connectivity index (χ3n) is 2.68. The van der Waals surface area contributed by atoms with Gasteiger partial charge in [0.2, 0.25) is 0 Å². The van der Waals surface area contributed by atoms with Crippen LogP contribution in [0.25, 0.3) is 16.3 Å². The summed E-state index contributed by atoms with van der Waals surface area (Å²) < 4.78 is 0. The first kappa shape index (κ1) is 8.28. The minimum atomic E-state index is 1.24. The van der Waals surface area contributed by atoms with Gasteiger partial charge in [-0.1, -0.05) is 36.4 Å². The van der Waals surface area contributed by atoms with E-state index in [1.165, 1.54) is 21.9 Å². The second-order valence-corrected chi connectivity index (χ2v) is 3.66. The second-order valence-electron chi connectivity index (χ2n) is 3.66. The summed E-state index contributed by atoms with van der Waals surface area (Å²) in [5.41, 5.74) is 5.57. The summed E-state index contributed by atoms with van der Waals surface area (Å²) in [6, 6.07) is 15.0. The summed E-state index contributed by atoms with van der Waals surface area (Å²) in [6.45, 7) is 0. The lowest BCUT2D eigenvalue weighted by atomic mass is 10.0. The highest BCUT2D eigenvalue weighted by atomic mass is 14.0. The summed E-state index contributed by atoms with van der Waals surface area (Å²) in [6.07, 6.45) is 6.05. The number of hydrogen-bond donors (Lipinski definition) is 0. The van der Waals surface area contributed by atoms with Gasteiger partial charge in [0.15, 0.2) is 0 Å². The van der Waals surface area contributed by atoms with Crippen molar-refractivity contribution in [3.8, 4) is 0 Å². The van der Waals surface area contributed by atoms with E-state index in [2.05, 4.69) is 54.3 Å². The normalized spacial score (nSPS) is 13.5. The summed E-state index contributed by atoms with van der Waals surface area (Å²) in [7, 11) is 0. The van der Waals surface area contributed by atoms with Crippen LogP contribution in [-0.4, -0.2) is 0 Å². The monoisotopic (exact) mass is 190 g/mol. The first-order chi connectivity index (χ1) is 7.43. The average molecular weight is 190 g/mol. The van der Waals surface area contributed by atoms with Crippen LogP contribution in [0.3, 0.4) is 0 Å². The Kier molecular flexibility index (Phi) is 1.81. The molecule has 0 unspecified atom stereocenters. The van der Waals surface area contributed by atoms with E-state index in [0.29, 0.717) is 0 Å². The van der Waals surface area contributed by atoms with Crippen molar-refractivity contribution >= 4 is 16.3 Å². The van der Waals surface area contributed by atoms with E-state index in [1.807, 2.05) is 12.2 Å². The van der Waals surface area contributed by atoms with E-state index in [0.717, 1.165) is 0 Å². The first-order valence-electron chi connectivity index (χ1n) is 5.05. The summed E-state index contributed by atoms with van der Waals surface area (Å²) in [5.74, 6) is 0. The zero-order valence-corrected chi connectivity index (χ0v) is 8.27. The van der Waals surface area contributed by atoms with Gasteiger partial charge in [0.1, 0.15) is 0 Å². The average Bonchev–Trinajstić information content (AvgIpc) is 2.82.